The highest BCUT2D eigenvalue weighted by Gasteiger charge is 2.22. The SMILES string of the molecule is CCC(=NNc1ccc([N+](=O)[O-])cc1[N+](=O)[O-])C(=NNc1ccc([N+](=O)[O-])cc1[N+](=O)[O-])c1ccc2c(c1)CCCC2. The van der Waals surface area contributed by atoms with Crippen molar-refractivity contribution in [2.75, 3.05) is 10.9 Å². The second-order valence-corrected chi connectivity index (χ2v) is 9.22. The van der Waals surface area contributed by atoms with Crippen molar-refractivity contribution in [2.24, 2.45) is 10.2 Å². The Hall–Kier alpha value is -5.80. The van der Waals surface area contributed by atoms with Crippen LogP contribution >= 0.6 is 0 Å². The molecular formula is C26H24N8O8. The molecule has 2 N–H and O–H groups in total. The van der Waals surface area contributed by atoms with Crippen LogP contribution in [-0.2, 0) is 12.8 Å². The molecule has 0 atom stereocenters. The second kappa shape index (κ2) is 12.6. The third-order valence-corrected chi connectivity index (χ3v) is 6.61. The molecule has 16 nitrogen and oxygen atoms in total. The maximum Gasteiger partial charge on any atom is 0.301 e. The molecule has 0 amide bonds. The van der Waals surface area contributed by atoms with Crippen LogP contribution in [0.1, 0.15) is 42.9 Å². The third-order valence-electron chi connectivity index (χ3n) is 6.61. The van der Waals surface area contributed by atoms with Gasteiger partial charge in [-0.05, 0) is 61.4 Å². The topological polar surface area (TPSA) is 221 Å². The largest absolute Gasteiger partial charge is 0.301 e. The van der Waals surface area contributed by atoms with Gasteiger partial charge in [-0.25, -0.2) is 0 Å². The van der Waals surface area contributed by atoms with E-state index in [2.05, 4.69) is 21.1 Å². The van der Waals surface area contributed by atoms with Crippen molar-refractivity contribution in [1.82, 2.24) is 0 Å². The van der Waals surface area contributed by atoms with Crippen LogP contribution in [0.25, 0.3) is 0 Å². The molecule has 0 heterocycles. The van der Waals surface area contributed by atoms with E-state index < -0.39 is 42.4 Å². The van der Waals surface area contributed by atoms with E-state index in [0.717, 1.165) is 55.5 Å². The molecule has 0 fully saturated rings. The van der Waals surface area contributed by atoms with E-state index in [9.17, 15) is 40.5 Å². The number of aryl methyl sites for hydroxylation is 2. The maximum absolute atomic E-state index is 11.6. The number of nitro groups is 4. The quantitative estimate of drug-likeness (QED) is 0.156. The van der Waals surface area contributed by atoms with Crippen LogP contribution in [0.2, 0.25) is 0 Å². The number of fused-ring (bicyclic) bond motifs is 1. The first-order valence-corrected chi connectivity index (χ1v) is 12.7. The smallest absolute Gasteiger partial charge is 0.271 e. The fourth-order valence-corrected chi connectivity index (χ4v) is 4.48. The highest BCUT2D eigenvalue weighted by atomic mass is 16.6. The number of anilines is 2. The Kier molecular flexibility index (Phi) is 8.75. The number of nitrogens with zero attached hydrogens (tertiary/aromatic N) is 6. The van der Waals surface area contributed by atoms with Crippen molar-refractivity contribution in [3.8, 4) is 0 Å². The lowest BCUT2D eigenvalue weighted by Crippen LogP contribution is -2.19. The van der Waals surface area contributed by atoms with E-state index in [0.29, 0.717) is 11.3 Å². The van der Waals surface area contributed by atoms with Gasteiger partial charge in [0.05, 0.1) is 37.5 Å². The lowest BCUT2D eigenvalue weighted by atomic mass is 9.89. The number of benzene rings is 3. The minimum absolute atomic E-state index is 0.0969. The van der Waals surface area contributed by atoms with Crippen molar-refractivity contribution < 1.29 is 19.7 Å². The zero-order chi connectivity index (χ0) is 30.4. The van der Waals surface area contributed by atoms with Gasteiger partial charge in [-0.3, -0.25) is 51.3 Å². The van der Waals surface area contributed by atoms with Crippen LogP contribution in [0.3, 0.4) is 0 Å². The first-order chi connectivity index (χ1) is 20.1. The van der Waals surface area contributed by atoms with Gasteiger partial charge in [0.2, 0.25) is 0 Å². The molecule has 42 heavy (non-hydrogen) atoms. The normalized spacial score (nSPS) is 13.2. The maximum atomic E-state index is 11.6. The Labute approximate surface area is 237 Å². The summed E-state index contributed by atoms with van der Waals surface area (Å²) in [4.78, 5) is 42.4. The van der Waals surface area contributed by atoms with Crippen molar-refractivity contribution in [3.05, 3.63) is 112 Å². The van der Waals surface area contributed by atoms with E-state index in [1.807, 2.05) is 18.2 Å². The summed E-state index contributed by atoms with van der Waals surface area (Å²) in [5, 5.41) is 54.2. The van der Waals surface area contributed by atoms with Gasteiger partial charge in [0.1, 0.15) is 17.1 Å². The van der Waals surface area contributed by atoms with Gasteiger partial charge in [0.25, 0.3) is 11.4 Å². The minimum atomic E-state index is -0.774. The summed E-state index contributed by atoms with van der Waals surface area (Å²) in [5.41, 5.74) is 6.48. The second-order valence-electron chi connectivity index (χ2n) is 9.22. The Balaban J connectivity index is 1.78. The predicted molar refractivity (Wildman–Crippen MR) is 154 cm³/mol. The first kappa shape index (κ1) is 29.2. The number of nitrogens with one attached hydrogen (secondary N) is 2. The van der Waals surface area contributed by atoms with Gasteiger partial charge in [-0.2, -0.15) is 10.2 Å². The van der Waals surface area contributed by atoms with Crippen LogP contribution in [0.4, 0.5) is 34.1 Å². The van der Waals surface area contributed by atoms with E-state index in [-0.39, 0.29) is 23.5 Å². The number of hydrogen-bond acceptors (Lipinski definition) is 12. The van der Waals surface area contributed by atoms with Crippen molar-refractivity contribution >= 4 is 45.5 Å². The minimum Gasteiger partial charge on any atom is -0.271 e. The van der Waals surface area contributed by atoms with Crippen LogP contribution in [0.15, 0.2) is 64.8 Å². The van der Waals surface area contributed by atoms with Crippen LogP contribution in [0, 0.1) is 40.5 Å². The van der Waals surface area contributed by atoms with Gasteiger partial charge < -0.3 is 0 Å². The summed E-state index contributed by atoms with van der Waals surface area (Å²) in [6.07, 6.45) is 4.11. The predicted octanol–water partition coefficient (Wildman–Crippen LogP) is 5.89. The summed E-state index contributed by atoms with van der Waals surface area (Å²) in [5.74, 6) is 0. The van der Waals surface area contributed by atoms with Crippen LogP contribution in [-0.4, -0.2) is 31.1 Å². The molecule has 1 aliphatic rings. The summed E-state index contributed by atoms with van der Waals surface area (Å²) in [6.45, 7) is 1.76. The van der Waals surface area contributed by atoms with Gasteiger partial charge in [0, 0.05) is 17.7 Å². The Morgan fingerprint density at radius 2 is 1.21 bits per heavy atom. The van der Waals surface area contributed by atoms with E-state index in [1.165, 1.54) is 17.7 Å². The van der Waals surface area contributed by atoms with E-state index in [1.54, 1.807) is 6.92 Å². The number of non-ortho nitro benzene ring substituents is 2. The van der Waals surface area contributed by atoms with E-state index >= 15 is 0 Å². The highest BCUT2D eigenvalue weighted by Crippen LogP contribution is 2.31. The molecule has 16 heteroatoms. The average molecular weight is 577 g/mol. The van der Waals surface area contributed by atoms with Crippen molar-refractivity contribution in [3.63, 3.8) is 0 Å². The Morgan fingerprint density at radius 1 is 0.690 bits per heavy atom. The summed E-state index contributed by atoms with van der Waals surface area (Å²) < 4.78 is 0. The molecular weight excluding hydrogens is 552 g/mol. The lowest BCUT2D eigenvalue weighted by molar-refractivity contribution is -0.393. The molecule has 0 aromatic heterocycles. The first-order valence-electron chi connectivity index (χ1n) is 12.7. The van der Waals surface area contributed by atoms with Crippen molar-refractivity contribution in [1.29, 1.82) is 0 Å². The van der Waals surface area contributed by atoms with Crippen LogP contribution < -0.4 is 10.9 Å². The highest BCUT2D eigenvalue weighted by molar-refractivity contribution is 6.48. The molecule has 0 radical (unpaired) electrons. The molecule has 0 unspecified atom stereocenters. The van der Waals surface area contributed by atoms with Gasteiger partial charge in [-0.15, -0.1) is 0 Å². The fourth-order valence-electron chi connectivity index (χ4n) is 4.48. The zero-order valence-corrected chi connectivity index (χ0v) is 22.2. The summed E-state index contributed by atoms with van der Waals surface area (Å²) in [6, 6.07) is 11.9. The molecule has 3 aromatic carbocycles. The third kappa shape index (κ3) is 6.49. The Bertz CT molecular complexity index is 1650. The number of nitro benzene ring substituents is 4. The summed E-state index contributed by atoms with van der Waals surface area (Å²) >= 11 is 0. The molecule has 0 saturated heterocycles. The molecule has 3 aromatic rings. The Morgan fingerprint density at radius 3 is 1.71 bits per heavy atom. The van der Waals surface area contributed by atoms with Crippen molar-refractivity contribution in [2.45, 2.75) is 39.0 Å². The number of rotatable bonds is 11. The number of hydrogen-bond donors (Lipinski definition) is 2. The summed E-state index contributed by atoms with van der Waals surface area (Å²) in [7, 11) is 0. The van der Waals surface area contributed by atoms with Gasteiger partial charge in [0.15, 0.2) is 0 Å². The van der Waals surface area contributed by atoms with Gasteiger partial charge in [-0.1, -0.05) is 19.1 Å². The zero-order valence-electron chi connectivity index (χ0n) is 22.2. The van der Waals surface area contributed by atoms with E-state index in [4.69, 9.17) is 0 Å². The molecule has 4 rings (SSSR count). The molecule has 216 valence electrons. The molecule has 0 bridgehead atoms. The lowest BCUT2D eigenvalue weighted by Gasteiger charge is -2.18. The van der Waals surface area contributed by atoms with Gasteiger partial charge >= 0.3 is 11.4 Å². The van der Waals surface area contributed by atoms with Crippen LogP contribution in [0.5, 0.6) is 0 Å². The monoisotopic (exact) mass is 576 g/mol. The standard InChI is InChI=1S/C26H24N8O8/c1-2-21(27-28-22-11-9-19(31(35)36)14-24(22)33(39)40)26(18-8-7-16-5-3-4-6-17(16)13-18)30-29-23-12-10-20(32(37)38)15-25(23)34(41)42/h7-15,28-29H,2-6H2,1H3. The molecule has 1 aliphatic carbocycles. The number of hydrazone groups is 2. The average Bonchev–Trinajstić information content (AvgIpc) is 2.98. The molecule has 0 aliphatic heterocycles. The molecule has 0 saturated carbocycles. The fraction of sp³-hybridized carbons (Fsp3) is 0.231. The molecule has 0 spiro atoms.